The minimum absolute atomic E-state index is 0.0137. The number of hydrogen-bond donors (Lipinski definition) is 0. The summed E-state index contributed by atoms with van der Waals surface area (Å²) in [5.74, 6) is 0.332. The number of methoxy groups -OCH3 is 1. The van der Waals surface area contributed by atoms with Gasteiger partial charge in [-0.3, -0.25) is 14.3 Å². The summed E-state index contributed by atoms with van der Waals surface area (Å²) in [5, 5.41) is 11.0. The second kappa shape index (κ2) is 5.95. The summed E-state index contributed by atoms with van der Waals surface area (Å²) in [6, 6.07) is 2.50. The highest BCUT2D eigenvalue weighted by Crippen LogP contribution is 2.27. The number of rotatable bonds is 3. The van der Waals surface area contributed by atoms with Gasteiger partial charge in [-0.05, 0) is 6.07 Å². The number of ether oxygens (including phenoxy) is 1. The number of anilines is 1. The summed E-state index contributed by atoms with van der Waals surface area (Å²) in [6.45, 7) is 0.816. The maximum atomic E-state index is 11.5. The molecule has 1 aliphatic rings. The third-order valence-electron chi connectivity index (χ3n) is 2.92. The Hall–Kier alpha value is -2.03. The quantitative estimate of drug-likeness (QED) is 0.450. The summed E-state index contributed by atoms with van der Waals surface area (Å²) in [4.78, 5) is 27.7. The average Bonchev–Trinajstić information content (AvgIpc) is 2.46. The molecule has 20 heavy (non-hydrogen) atoms. The Kier molecular flexibility index (Phi) is 4.28. The first-order valence-corrected chi connectivity index (χ1v) is 7.35. The minimum atomic E-state index is -0.899. The van der Waals surface area contributed by atoms with E-state index in [0.29, 0.717) is 24.6 Å². The van der Waals surface area contributed by atoms with Gasteiger partial charge in [-0.1, -0.05) is 0 Å². The summed E-state index contributed by atoms with van der Waals surface area (Å²) >= 11 is 0. The van der Waals surface area contributed by atoms with Crippen molar-refractivity contribution in [2.24, 2.45) is 0 Å². The lowest BCUT2D eigenvalue weighted by molar-refractivity contribution is -0.384. The predicted octanol–water partition coefficient (Wildman–Crippen LogP) is 0.345. The van der Waals surface area contributed by atoms with Gasteiger partial charge < -0.3 is 9.64 Å². The van der Waals surface area contributed by atoms with Gasteiger partial charge in [0.15, 0.2) is 5.69 Å². The van der Waals surface area contributed by atoms with E-state index in [1.54, 1.807) is 4.90 Å². The first-order chi connectivity index (χ1) is 9.52. The first kappa shape index (κ1) is 14.4. The molecule has 8 nitrogen and oxygen atoms in total. The number of carbonyl (C=O) groups is 1. The van der Waals surface area contributed by atoms with Crippen LogP contribution in [-0.4, -0.2) is 51.8 Å². The summed E-state index contributed by atoms with van der Waals surface area (Å²) in [7, 11) is 0.319. The molecule has 9 heteroatoms. The topological polar surface area (TPSA) is 103 Å². The molecule has 0 atom stereocenters. The Labute approximate surface area is 117 Å². The maximum Gasteiger partial charge on any atom is 0.356 e. The molecule has 0 spiro atoms. The second-order valence-corrected chi connectivity index (χ2v) is 5.82. The van der Waals surface area contributed by atoms with E-state index in [2.05, 4.69) is 9.72 Å². The molecule has 1 aromatic heterocycles. The monoisotopic (exact) mass is 299 g/mol. The number of esters is 1. The lowest BCUT2D eigenvalue weighted by Crippen LogP contribution is -2.38. The lowest BCUT2D eigenvalue weighted by atomic mass is 10.3. The van der Waals surface area contributed by atoms with Crippen molar-refractivity contribution < 1.29 is 18.7 Å². The Morgan fingerprint density at radius 2 is 2.10 bits per heavy atom. The summed E-state index contributed by atoms with van der Waals surface area (Å²) in [5.41, 5.74) is -0.162. The molecule has 0 amide bonds. The van der Waals surface area contributed by atoms with E-state index >= 15 is 0 Å². The van der Waals surface area contributed by atoms with Crippen LogP contribution in [0.5, 0.6) is 0 Å². The van der Waals surface area contributed by atoms with Gasteiger partial charge in [-0.2, -0.15) is 0 Å². The van der Waals surface area contributed by atoms with Crippen LogP contribution in [0.1, 0.15) is 10.5 Å². The Balaban J connectivity index is 2.39. The van der Waals surface area contributed by atoms with Gasteiger partial charge in [-0.25, -0.2) is 9.78 Å². The van der Waals surface area contributed by atoms with Crippen LogP contribution in [-0.2, 0) is 15.5 Å². The lowest BCUT2D eigenvalue weighted by Gasteiger charge is -2.27. The second-order valence-electron chi connectivity index (χ2n) is 4.12. The van der Waals surface area contributed by atoms with E-state index in [0.717, 1.165) is 0 Å². The van der Waals surface area contributed by atoms with E-state index in [1.807, 2.05) is 0 Å². The highest BCUT2D eigenvalue weighted by molar-refractivity contribution is 7.85. The van der Waals surface area contributed by atoms with Gasteiger partial charge in [0.1, 0.15) is 0 Å². The van der Waals surface area contributed by atoms with Crippen molar-refractivity contribution in [1.82, 2.24) is 4.98 Å². The van der Waals surface area contributed by atoms with Crippen molar-refractivity contribution in [3.05, 3.63) is 27.9 Å². The van der Waals surface area contributed by atoms with Crippen LogP contribution in [0.4, 0.5) is 11.5 Å². The van der Waals surface area contributed by atoms with E-state index in [-0.39, 0.29) is 17.2 Å². The number of hydrogen-bond acceptors (Lipinski definition) is 7. The van der Waals surface area contributed by atoms with E-state index < -0.39 is 21.7 Å². The van der Waals surface area contributed by atoms with E-state index in [4.69, 9.17) is 0 Å². The van der Waals surface area contributed by atoms with Crippen LogP contribution in [0.2, 0.25) is 0 Å². The molecule has 1 aromatic rings. The smallest absolute Gasteiger partial charge is 0.356 e. The van der Waals surface area contributed by atoms with Crippen LogP contribution in [0.25, 0.3) is 0 Å². The molecule has 2 rings (SSSR count). The van der Waals surface area contributed by atoms with Crippen molar-refractivity contribution in [2.75, 3.05) is 36.6 Å². The molecule has 0 aliphatic carbocycles. The van der Waals surface area contributed by atoms with Crippen molar-refractivity contribution in [1.29, 1.82) is 0 Å². The van der Waals surface area contributed by atoms with Crippen LogP contribution in [0, 0.1) is 10.1 Å². The molecule has 2 heterocycles. The van der Waals surface area contributed by atoms with Crippen molar-refractivity contribution in [2.45, 2.75) is 0 Å². The van der Waals surface area contributed by atoms with Crippen LogP contribution >= 0.6 is 0 Å². The number of aromatic nitrogens is 1. The highest BCUT2D eigenvalue weighted by Gasteiger charge is 2.26. The third-order valence-corrected chi connectivity index (χ3v) is 4.20. The molecule has 0 unspecified atom stereocenters. The SMILES string of the molecule is COC(=O)c1ccc([N+](=O)[O-])c(N2CCS(=O)CC2)n1. The average molecular weight is 299 g/mol. The van der Waals surface area contributed by atoms with Gasteiger partial charge in [0.25, 0.3) is 0 Å². The zero-order valence-electron chi connectivity index (χ0n) is 10.8. The highest BCUT2D eigenvalue weighted by atomic mass is 32.2. The predicted molar refractivity (Wildman–Crippen MR) is 72.3 cm³/mol. The molecule has 0 bridgehead atoms. The third kappa shape index (κ3) is 2.93. The molecule has 1 saturated heterocycles. The first-order valence-electron chi connectivity index (χ1n) is 5.86. The number of pyridine rings is 1. The molecule has 0 N–H and O–H groups in total. The number of nitro groups is 1. The molecular formula is C11H13N3O5S. The normalized spacial score (nSPS) is 15.9. The fourth-order valence-corrected chi connectivity index (χ4v) is 2.94. The van der Waals surface area contributed by atoms with Crippen molar-refractivity contribution in [3.8, 4) is 0 Å². The Morgan fingerprint density at radius 1 is 1.45 bits per heavy atom. The zero-order valence-corrected chi connectivity index (χ0v) is 11.6. The van der Waals surface area contributed by atoms with Crippen molar-refractivity contribution >= 4 is 28.3 Å². The standard InChI is InChI=1S/C11H13N3O5S/c1-19-11(15)8-2-3-9(14(16)17)10(12-8)13-4-6-20(18)7-5-13/h2-3H,4-7H2,1H3. The molecule has 0 saturated carbocycles. The number of nitrogens with zero attached hydrogens (tertiary/aromatic N) is 3. The molecular weight excluding hydrogens is 286 g/mol. The van der Waals surface area contributed by atoms with Gasteiger partial charge in [0, 0.05) is 41.5 Å². The van der Waals surface area contributed by atoms with Gasteiger partial charge >= 0.3 is 11.7 Å². The summed E-state index contributed by atoms with van der Waals surface area (Å²) in [6.07, 6.45) is 0. The van der Waals surface area contributed by atoms with E-state index in [1.165, 1.54) is 19.2 Å². The zero-order chi connectivity index (χ0) is 14.7. The maximum absolute atomic E-state index is 11.5. The van der Waals surface area contributed by atoms with Crippen LogP contribution < -0.4 is 4.90 Å². The van der Waals surface area contributed by atoms with Gasteiger partial charge in [-0.15, -0.1) is 0 Å². The Morgan fingerprint density at radius 3 is 2.65 bits per heavy atom. The number of carbonyl (C=O) groups excluding carboxylic acids is 1. The van der Waals surface area contributed by atoms with Crippen molar-refractivity contribution in [3.63, 3.8) is 0 Å². The summed E-state index contributed by atoms with van der Waals surface area (Å²) < 4.78 is 15.9. The fourth-order valence-electron chi connectivity index (χ4n) is 1.88. The van der Waals surface area contributed by atoms with E-state index in [9.17, 15) is 19.1 Å². The fraction of sp³-hybridized carbons (Fsp3) is 0.455. The van der Waals surface area contributed by atoms with Gasteiger partial charge in [0.2, 0.25) is 5.82 Å². The van der Waals surface area contributed by atoms with Gasteiger partial charge in [0.05, 0.1) is 12.0 Å². The molecule has 0 radical (unpaired) electrons. The molecule has 1 fully saturated rings. The molecule has 0 aromatic carbocycles. The minimum Gasteiger partial charge on any atom is -0.464 e. The Bertz CT molecular complexity index is 567. The molecule has 1 aliphatic heterocycles. The molecule has 108 valence electrons. The largest absolute Gasteiger partial charge is 0.464 e. The van der Waals surface area contributed by atoms with Crippen LogP contribution in [0.3, 0.4) is 0 Å². The van der Waals surface area contributed by atoms with Crippen LogP contribution in [0.15, 0.2) is 12.1 Å².